The number of nitrogens with zero attached hydrogens (tertiary/aromatic N) is 2. The summed E-state index contributed by atoms with van der Waals surface area (Å²) < 4.78 is 11.4. The van der Waals surface area contributed by atoms with E-state index in [2.05, 4.69) is 9.97 Å². The average molecular weight is 236 g/mol. The summed E-state index contributed by atoms with van der Waals surface area (Å²) in [7, 11) is 1.92. The van der Waals surface area contributed by atoms with Crippen molar-refractivity contribution in [1.82, 2.24) is 9.97 Å². The first-order chi connectivity index (χ1) is 7.57. The van der Waals surface area contributed by atoms with E-state index in [0.717, 1.165) is 5.46 Å². The maximum atomic E-state index is 5.76. The highest BCUT2D eigenvalue weighted by Gasteiger charge is 2.18. The van der Waals surface area contributed by atoms with Crippen LogP contribution < -0.4 is 14.9 Å². The highest BCUT2D eigenvalue weighted by atomic mass is 16.5. The van der Waals surface area contributed by atoms with Crippen LogP contribution in [0.2, 0.25) is 0 Å². The van der Waals surface area contributed by atoms with E-state index in [1.54, 1.807) is 6.20 Å². The predicted molar refractivity (Wildman–Crippen MR) is 71.0 cm³/mol. The Morgan fingerprint density at radius 3 is 2.00 bits per heavy atom. The molecule has 0 aliphatic rings. The number of hydrogen-bond donors (Lipinski definition) is 0. The number of aromatic nitrogens is 2. The van der Waals surface area contributed by atoms with Crippen molar-refractivity contribution in [2.24, 2.45) is 0 Å². The zero-order chi connectivity index (χ0) is 13.3. The van der Waals surface area contributed by atoms with Gasteiger partial charge < -0.3 is 9.47 Å². The van der Waals surface area contributed by atoms with Crippen molar-refractivity contribution < 1.29 is 9.47 Å². The molecule has 0 amide bonds. The Kier molecular flexibility index (Phi) is 3.70. The van der Waals surface area contributed by atoms with E-state index in [1.165, 1.54) is 0 Å². The lowest BCUT2D eigenvalue weighted by Gasteiger charge is -2.23. The van der Waals surface area contributed by atoms with Gasteiger partial charge in [-0.3, -0.25) is 0 Å². The lowest BCUT2D eigenvalue weighted by atomic mass is 10.00. The van der Waals surface area contributed by atoms with Crippen LogP contribution >= 0.6 is 0 Å². The summed E-state index contributed by atoms with van der Waals surface area (Å²) in [4.78, 5) is 8.43. The van der Waals surface area contributed by atoms with E-state index in [9.17, 15) is 0 Å². The quantitative estimate of drug-likeness (QED) is 0.721. The lowest BCUT2D eigenvalue weighted by Crippen LogP contribution is -2.29. The molecule has 0 bridgehead atoms. The molecule has 1 rings (SSSR count). The topological polar surface area (TPSA) is 44.2 Å². The second-order valence-electron chi connectivity index (χ2n) is 6.07. The van der Waals surface area contributed by atoms with Crippen molar-refractivity contribution in [3.05, 3.63) is 6.20 Å². The summed E-state index contributed by atoms with van der Waals surface area (Å²) >= 11 is 0. The molecule has 94 valence electrons. The molecule has 4 nitrogen and oxygen atoms in total. The molecule has 0 spiro atoms. The molecule has 0 N–H and O–H groups in total. The third kappa shape index (κ3) is 5.07. The minimum atomic E-state index is -0.311. The monoisotopic (exact) mass is 236 g/mol. The fourth-order valence-corrected chi connectivity index (χ4v) is 1.13. The summed E-state index contributed by atoms with van der Waals surface area (Å²) in [6.07, 6.45) is 1.72. The molecule has 0 unspecified atom stereocenters. The maximum Gasteiger partial charge on any atom is 0.320 e. The van der Waals surface area contributed by atoms with Crippen LogP contribution in [0.5, 0.6) is 11.9 Å². The van der Waals surface area contributed by atoms with Gasteiger partial charge in [-0.25, -0.2) is 4.98 Å². The third-order valence-corrected chi connectivity index (χ3v) is 1.70. The minimum absolute atomic E-state index is 0.280. The van der Waals surface area contributed by atoms with Gasteiger partial charge in [-0.15, -0.1) is 0 Å². The number of rotatable bonds is 2. The fraction of sp³-hybridized carbons (Fsp3) is 0.667. The standard InChI is InChI=1S/C12H21BN2O2/c1-11(2,3)16-9-8(13)7-14-10(15-9)17-12(4,5)6/h7H,13H2,1-6H3. The van der Waals surface area contributed by atoms with Crippen LogP contribution in [0, 0.1) is 0 Å². The van der Waals surface area contributed by atoms with E-state index in [0.29, 0.717) is 11.9 Å². The minimum Gasteiger partial charge on any atom is -0.472 e. The van der Waals surface area contributed by atoms with Crippen molar-refractivity contribution in [3.63, 3.8) is 0 Å². The second-order valence-corrected chi connectivity index (χ2v) is 6.07. The molecule has 1 aromatic heterocycles. The van der Waals surface area contributed by atoms with Crippen molar-refractivity contribution >= 4 is 13.3 Å². The van der Waals surface area contributed by atoms with E-state index in [-0.39, 0.29) is 11.2 Å². The first kappa shape index (κ1) is 13.8. The normalized spacial score (nSPS) is 12.4. The highest BCUT2D eigenvalue weighted by Crippen LogP contribution is 2.17. The molecule has 0 atom stereocenters. The van der Waals surface area contributed by atoms with Gasteiger partial charge in [0.05, 0.1) is 0 Å². The second kappa shape index (κ2) is 4.55. The van der Waals surface area contributed by atoms with E-state index >= 15 is 0 Å². The van der Waals surface area contributed by atoms with Crippen LogP contribution in [0.3, 0.4) is 0 Å². The van der Waals surface area contributed by atoms with Gasteiger partial charge in [-0.05, 0) is 47.0 Å². The molecule has 1 heterocycles. The van der Waals surface area contributed by atoms with Gasteiger partial charge >= 0.3 is 6.01 Å². The van der Waals surface area contributed by atoms with Crippen LogP contribution in [0.1, 0.15) is 41.5 Å². The molecule has 0 radical (unpaired) electrons. The zero-order valence-electron chi connectivity index (χ0n) is 11.8. The average Bonchev–Trinajstić information content (AvgIpc) is 2.05. The lowest BCUT2D eigenvalue weighted by molar-refractivity contribution is 0.104. The molecule has 0 aliphatic carbocycles. The van der Waals surface area contributed by atoms with Crippen LogP contribution in [0.25, 0.3) is 0 Å². The molecule has 17 heavy (non-hydrogen) atoms. The molecule has 0 aromatic carbocycles. The Morgan fingerprint density at radius 2 is 1.53 bits per heavy atom. The summed E-state index contributed by atoms with van der Waals surface area (Å²) in [6, 6.07) is 0.349. The Bertz CT molecular complexity index is 394. The molecule has 1 aromatic rings. The van der Waals surface area contributed by atoms with E-state index in [1.807, 2.05) is 49.4 Å². The van der Waals surface area contributed by atoms with Gasteiger partial charge in [0.2, 0.25) is 5.88 Å². The molecule has 0 saturated heterocycles. The molecular formula is C12H21BN2O2. The van der Waals surface area contributed by atoms with Crippen LogP contribution in [0.15, 0.2) is 6.20 Å². The van der Waals surface area contributed by atoms with Gasteiger partial charge in [0.1, 0.15) is 19.0 Å². The van der Waals surface area contributed by atoms with Gasteiger partial charge in [0.15, 0.2) is 0 Å². The molecule has 0 saturated carbocycles. The Balaban J connectivity index is 2.95. The zero-order valence-corrected chi connectivity index (χ0v) is 11.8. The van der Waals surface area contributed by atoms with Gasteiger partial charge in [-0.1, -0.05) is 0 Å². The van der Waals surface area contributed by atoms with Crippen LogP contribution in [-0.4, -0.2) is 29.0 Å². The first-order valence-corrected chi connectivity index (χ1v) is 5.78. The van der Waals surface area contributed by atoms with Crippen LogP contribution in [-0.2, 0) is 0 Å². The smallest absolute Gasteiger partial charge is 0.320 e. The summed E-state index contributed by atoms with van der Waals surface area (Å²) in [6.45, 7) is 11.8. The SMILES string of the molecule is Bc1cnc(OC(C)(C)C)nc1OC(C)(C)C. The van der Waals surface area contributed by atoms with Crippen molar-refractivity contribution in [2.75, 3.05) is 0 Å². The van der Waals surface area contributed by atoms with E-state index in [4.69, 9.17) is 9.47 Å². The maximum absolute atomic E-state index is 5.76. The van der Waals surface area contributed by atoms with Crippen LogP contribution in [0.4, 0.5) is 0 Å². The van der Waals surface area contributed by atoms with E-state index < -0.39 is 0 Å². The van der Waals surface area contributed by atoms with Gasteiger partial charge in [0.25, 0.3) is 0 Å². The molecule has 5 heteroatoms. The molecular weight excluding hydrogens is 215 g/mol. The summed E-state index contributed by atoms with van der Waals surface area (Å²) in [5, 5.41) is 0. The van der Waals surface area contributed by atoms with Crippen molar-refractivity contribution in [1.29, 1.82) is 0 Å². The molecule has 0 fully saturated rings. The number of ether oxygens (including phenoxy) is 2. The predicted octanol–water partition coefficient (Wildman–Crippen LogP) is 1.09. The fourth-order valence-electron chi connectivity index (χ4n) is 1.13. The Morgan fingerprint density at radius 1 is 1.00 bits per heavy atom. The highest BCUT2D eigenvalue weighted by molar-refractivity contribution is 6.33. The largest absolute Gasteiger partial charge is 0.472 e. The molecule has 0 aliphatic heterocycles. The third-order valence-electron chi connectivity index (χ3n) is 1.70. The van der Waals surface area contributed by atoms with Gasteiger partial charge in [-0.2, -0.15) is 4.98 Å². The first-order valence-electron chi connectivity index (χ1n) is 5.78. The van der Waals surface area contributed by atoms with Crippen molar-refractivity contribution in [2.45, 2.75) is 52.7 Å². The summed E-state index contributed by atoms with van der Waals surface area (Å²) in [5.41, 5.74) is 0.313. The van der Waals surface area contributed by atoms with Crippen molar-refractivity contribution in [3.8, 4) is 11.9 Å². The Hall–Kier alpha value is -1.26. The Labute approximate surface area is 104 Å². The summed E-state index contributed by atoms with van der Waals surface area (Å²) in [5.74, 6) is 0.576. The van der Waals surface area contributed by atoms with Gasteiger partial charge in [0, 0.05) is 6.20 Å². The number of hydrogen-bond acceptors (Lipinski definition) is 4.